The quantitative estimate of drug-likeness (QED) is 0.783. The highest BCUT2D eigenvalue weighted by Gasteiger charge is 2.05. The number of thiocarbonyl (C=S) groups is 1. The second-order valence-corrected chi connectivity index (χ2v) is 3.80. The summed E-state index contributed by atoms with van der Waals surface area (Å²) in [5, 5.41) is 6.79. The lowest BCUT2D eigenvalue weighted by Gasteiger charge is -2.12. The Balaban J connectivity index is 2.67. The highest BCUT2D eigenvalue weighted by Crippen LogP contribution is 2.24. The molecule has 0 fully saturated rings. The molecule has 17 heavy (non-hydrogen) atoms. The van der Waals surface area contributed by atoms with E-state index in [0.717, 1.165) is 23.6 Å². The molecule has 94 valence electrons. The molecule has 0 unspecified atom stereocenters. The van der Waals surface area contributed by atoms with Gasteiger partial charge in [-0.1, -0.05) is 0 Å². The van der Waals surface area contributed by atoms with E-state index in [1.807, 2.05) is 25.1 Å². The molecule has 4 nitrogen and oxygen atoms in total. The lowest BCUT2D eigenvalue weighted by molar-refractivity contribution is 0.390. The maximum Gasteiger partial charge on any atom is 0.166 e. The van der Waals surface area contributed by atoms with Crippen molar-refractivity contribution in [3.8, 4) is 11.5 Å². The van der Waals surface area contributed by atoms with Crippen LogP contribution in [0.1, 0.15) is 12.5 Å². The summed E-state index contributed by atoms with van der Waals surface area (Å²) in [5.74, 6) is 1.57. The summed E-state index contributed by atoms with van der Waals surface area (Å²) in [6, 6.07) is 5.71. The molecule has 0 aromatic heterocycles. The average molecular weight is 254 g/mol. The number of hydrogen-bond donors (Lipinski definition) is 2. The molecule has 0 saturated carbocycles. The zero-order valence-electron chi connectivity index (χ0n) is 10.4. The van der Waals surface area contributed by atoms with Gasteiger partial charge in [0.05, 0.1) is 14.2 Å². The maximum absolute atomic E-state index is 5.30. The Kier molecular flexibility index (Phi) is 5.56. The second-order valence-electron chi connectivity index (χ2n) is 3.39. The Labute approximate surface area is 107 Å². The molecule has 1 aromatic carbocycles. The highest BCUT2D eigenvalue weighted by atomic mass is 32.1. The first kappa shape index (κ1) is 13.6. The van der Waals surface area contributed by atoms with Gasteiger partial charge in [-0.2, -0.15) is 0 Å². The van der Waals surface area contributed by atoms with E-state index in [1.165, 1.54) is 0 Å². The molecule has 0 saturated heterocycles. The summed E-state index contributed by atoms with van der Waals surface area (Å²) in [4.78, 5) is 0. The molecule has 0 heterocycles. The molecule has 0 aliphatic rings. The summed E-state index contributed by atoms with van der Waals surface area (Å²) >= 11 is 5.09. The molecule has 5 heteroatoms. The van der Waals surface area contributed by atoms with Crippen molar-refractivity contribution < 1.29 is 9.47 Å². The van der Waals surface area contributed by atoms with Gasteiger partial charge < -0.3 is 20.1 Å². The fourth-order valence-corrected chi connectivity index (χ4v) is 1.61. The van der Waals surface area contributed by atoms with Gasteiger partial charge in [0.1, 0.15) is 11.5 Å². The van der Waals surface area contributed by atoms with E-state index in [1.54, 1.807) is 14.2 Å². The zero-order chi connectivity index (χ0) is 12.7. The Morgan fingerprint density at radius 1 is 1.24 bits per heavy atom. The van der Waals surface area contributed by atoms with Gasteiger partial charge in [-0.3, -0.25) is 0 Å². The zero-order valence-corrected chi connectivity index (χ0v) is 11.2. The first-order valence-electron chi connectivity index (χ1n) is 5.43. The van der Waals surface area contributed by atoms with E-state index >= 15 is 0 Å². The fourth-order valence-electron chi connectivity index (χ4n) is 1.40. The minimum Gasteiger partial charge on any atom is -0.497 e. The van der Waals surface area contributed by atoms with Crippen molar-refractivity contribution in [2.24, 2.45) is 0 Å². The second kappa shape index (κ2) is 6.96. The van der Waals surface area contributed by atoms with Gasteiger partial charge in [-0.05, 0) is 31.3 Å². The molecular formula is C12H18N2O2S. The monoisotopic (exact) mass is 254 g/mol. The largest absolute Gasteiger partial charge is 0.497 e. The number of rotatable bonds is 5. The average Bonchev–Trinajstić information content (AvgIpc) is 2.36. The summed E-state index contributed by atoms with van der Waals surface area (Å²) in [5.41, 5.74) is 1.04. The van der Waals surface area contributed by atoms with Crippen LogP contribution in [-0.4, -0.2) is 25.9 Å². The third-order valence-corrected chi connectivity index (χ3v) is 2.56. The third-order valence-electron chi connectivity index (χ3n) is 2.27. The van der Waals surface area contributed by atoms with Crippen LogP contribution in [0.5, 0.6) is 11.5 Å². The van der Waals surface area contributed by atoms with Crippen molar-refractivity contribution in [1.82, 2.24) is 10.6 Å². The van der Waals surface area contributed by atoms with Crippen LogP contribution in [0.2, 0.25) is 0 Å². The lowest BCUT2D eigenvalue weighted by Crippen LogP contribution is -2.34. The molecule has 0 aliphatic carbocycles. The van der Waals surface area contributed by atoms with Gasteiger partial charge in [0.15, 0.2) is 5.11 Å². The van der Waals surface area contributed by atoms with Crippen molar-refractivity contribution in [2.75, 3.05) is 20.8 Å². The third kappa shape index (κ3) is 4.11. The van der Waals surface area contributed by atoms with Gasteiger partial charge in [0.25, 0.3) is 0 Å². The SMILES string of the molecule is CCNC(=S)NCc1ccc(OC)cc1OC. The van der Waals surface area contributed by atoms with E-state index in [4.69, 9.17) is 21.7 Å². The summed E-state index contributed by atoms with van der Waals surface area (Å²) in [6.07, 6.45) is 0. The maximum atomic E-state index is 5.30. The van der Waals surface area contributed by atoms with Crippen LogP contribution >= 0.6 is 12.2 Å². The van der Waals surface area contributed by atoms with E-state index < -0.39 is 0 Å². The van der Waals surface area contributed by atoms with Crippen molar-refractivity contribution in [3.63, 3.8) is 0 Å². The predicted molar refractivity (Wildman–Crippen MR) is 72.7 cm³/mol. The van der Waals surface area contributed by atoms with Crippen molar-refractivity contribution in [2.45, 2.75) is 13.5 Å². The molecule has 0 spiro atoms. The van der Waals surface area contributed by atoms with Gasteiger partial charge in [0, 0.05) is 24.7 Å². The number of nitrogens with one attached hydrogen (secondary N) is 2. The van der Waals surface area contributed by atoms with Crippen LogP contribution < -0.4 is 20.1 Å². The molecule has 0 atom stereocenters. The van der Waals surface area contributed by atoms with Crippen LogP contribution in [0.4, 0.5) is 0 Å². The Morgan fingerprint density at radius 3 is 2.59 bits per heavy atom. The minimum atomic E-state index is 0.624. The van der Waals surface area contributed by atoms with Crippen LogP contribution in [0.25, 0.3) is 0 Å². The van der Waals surface area contributed by atoms with E-state index in [0.29, 0.717) is 11.7 Å². The molecule has 1 aromatic rings. The van der Waals surface area contributed by atoms with E-state index in [-0.39, 0.29) is 0 Å². The van der Waals surface area contributed by atoms with Crippen LogP contribution in [0, 0.1) is 0 Å². The van der Waals surface area contributed by atoms with E-state index in [9.17, 15) is 0 Å². The normalized spacial score (nSPS) is 9.59. The van der Waals surface area contributed by atoms with Crippen molar-refractivity contribution in [3.05, 3.63) is 23.8 Å². The highest BCUT2D eigenvalue weighted by molar-refractivity contribution is 7.80. The standard InChI is InChI=1S/C12H18N2O2S/c1-4-13-12(17)14-8-9-5-6-10(15-2)7-11(9)16-3/h5-7H,4,8H2,1-3H3,(H2,13,14,17). The van der Waals surface area contributed by atoms with Crippen molar-refractivity contribution in [1.29, 1.82) is 0 Å². The number of methoxy groups -OCH3 is 2. The summed E-state index contributed by atoms with van der Waals surface area (Å²) in [7, 11) is 3.27. The lowest BCUT2D eigenvalue weighted by atomic mass is 10.2. The van der Waals surface area contributed by atoms with Crippen molar-refractivity contribution >= 4 is 17.3 Å². The first-order chi connectivity index (χ1) is 8.21. The van der Waals surface area contributed by atoms with Gasteiger partial charge in [0.2, 0.25) is 0 Å². The van der Waals surface area contributed by atoms with Crippen LogP contribution in [0.3, 0.4) is 0 Å². The molecule has 0 bridgehead atoms. The molecular weight excluding hydrogens is 236 g/mol. The van der Waals surface area contributed by atoms with Gasteiger partial charge >= 0.3 is 0 Å². The van der Waals surface area contributed by atoms with Gasteiger partial charge in [-0.25, -0.2) is 0 Å². The van der Waals surface area contributed by atoms with Crippen LogP contribution in [-0.2, 0) is 6.54 Å². The Morgan fingerprint density at radius 2 is 2.00 bits per heavy atom. The Hall–Kier alpha value is -1.49. The molecule has 1 rings (SSSR count). The smallest absolute Gasteiger partial charge is 0.166 e. The number of benzene rings is 1. The van der Waals surface area contributed by atoms with Gasteiger partial charge in [-0.15, -0.1) is 0 Å². The summed E-state index contributed by atoms with van der Waals surface area (Å²) < 4.78 is 10.4. The molecule has 0 amide bonds. The molecule has 0 radical (unpaired) electrons. The molecule has 0 aliphatic heterocycles. The first-order valence-corrected chi connectivity index (χ1v) is 5.84. The molecule has 2 N–H and O–H groups in total. The minimum absolute atomic E-state index is 0.624. The van der Waals surface area contributed by atoms with E-state index in [2.05, 4.69) is 10.6 Å². The Bertz CT molecular complexity index is 383. The number of ether oxygens (including phenoxy) is 2. The predicted octanol–water partition coefficient (Wildman–Crippen LogP) is 1.69. The summed E-state index contributed by atoms with van der Waals surface area (Å²) in [6.45, 7) is 3.44. The van der Waals surface area contributed by atoms with Crippen LogP contribution in [0.15, 0.2) is 18.2 Å². The topological polar surface area (TPSA) is 42.5 Å². The fraction of sp³-hybridized carbons (Fsp3) is 0.417. The number of hydrogen-bond acceptors (Lipinski definition) is 3.